The molecular weight excluding hydrogens is 1330 g/mol. The molecule has 606 valence electrons. The van der Waals surface area contributed by atoms with Crippen LogP contribution in [0.5, 0.6) is 0 Å². The summed E-state index contributed by atoms with van der Waals surface area (Å²) in [4.78, 5) is 73.1. The van der Waals surface area contributed by atoms with Gasteiger partial charge >= 0.3 is 39.5 Å². The quantitative estimate of drug-likeness (QED) is 0.0222. The fourth-order valence-electron chi connectivity index (χ4n) is 12.8. The molecule has 0 bridgehead atoms. The molecule has 0 radical (unpaired) electrons. The third kappa shape index (κ3) is 74.9. The zero-order valence-corrected chi connectivity index (χ0v) is 68.9. The average molecular weight is 1490 g/mol. The van der Waals surface area contributed by atoms with Crippen molar-refractivity contribution in [2.75, 3.05) is 39.6 Å². The highest BCUT2D eigenvalue weighted by Crippen LogP contribution is 2.45. The zero-order chi connectivity index (χ0) is 75.1. The lowest BCUT2D eigenvalue weighted by Gasteiger charge is -2.21. The van der Waals surface area contributed by atoms with Crippen LogP contribution in [0.3, 0.4) is 0 Å². The lowest BCUT2D eigenvalue weighted by molar-refractivity contribution is -0.161. The van der Waals surface area contributed by atoms with E-state index in [2.05, 4.69) is 48.5 Å². The van der Waals surface area contributed by atoms with Gasteiger partial charge in [0, 0.05) is 25.7 Å². The second-order valence-electron chi connectivity index (χ2n) is 31.1. The Hall–Kier alpha value is -1.94. The van der Waals surface area contributed by atoms with Crippen LogP contribution >= 0.6 is 15.6 Å². The van der Waals surface area contributed by atoms with Gasteiger partial charge in [0.25, 0.3) is 0 Å². The Morgan fingerprint density at radius 1 is 0.284 bits per heavy atom. The third-order valence-corrected chi connectivity index (χ3v) is 21.6. The van der Waals surface area contributed by atoms with Crippen molar-refractivity contribution >= 4 is 39.5 Å². The number of phosphoric acid groups is 2. The summed E-state index contributed by atoms with van der Waals surface area (Å²) in [5, 5.41) is 10.7. The predicted octanol–water partition coefficient (Wildman–Crippen LogP) is 24.9. The molecule has 0 amide bonds. The minimum Gasteiger partial charge on any atom is -0.462 e. The monoisotopic (exact) mass is 1490 g/mol. The van der Waals surface area contributed by atoms with Gasteiger partial charge in [0.05, 0.1) is 26.4 Å². The molecule has 0 aliphatic carbocycles. The van der Waals surface area contributed by atoms with E-state index in [4.69, 9.17) is 37.0 Å². The molecule has 17 nitrogen and oxygen atoms in total. The van der Waals surface area contributed by atoms with Gasteiger partial charge in [0.2, 0.25) is 0 Å². The van der Waals surface area contributed by atoms with Crippen molar-refractivity contribution in [1.82, 2.24) is 0 Å². The van der Waals surface area contributed by atoms with Crippen LogP contribution in [-0.4, -0.2) is 96.7 Å². The molecule has 0 heterocycles. The molecule has 102 heavy (non-hydrogen) atoms. The number of carbonyl (C=O) groups is 4. The summed E-state index contributed by atoms with van der Waals surface area (Å²) in [6, 6.07) is 0. The van der Waals surface area contributed by atoms with Crippen molar-refractivity contribution in [2.24, 2.45) is 17.8 Å². The Morgan fingerprint density at radius 2 is 0.500 bits per heavy atom. The largest absolute Gasteiger partial charge is 0.472 e. The van der Waals surface area contributed by atoms with Crippen molar-refractivity contribution in [1.29, 1.82) is 0 Å². The smallest absolute Gasteiger partial charge is 0.462 e. The fourth-order valence-corrected chi connectivity index (χ4v) is 14.4. The van der Waals surface area contributed by atoms with E-state index in [1.54, 1.807) is 0 Å². The fraction of sp³-hybridized carbons (Fsp3) is 0.952. The van der Waals surface area contributed by atoms with E-state index >= 15 is 0 Å². The molecule has 3 N–H and O–H groups in total. The normalized spacial score (nSPS) is 14.2. The Kier molecular flexibility index (Phi) is 71.8. The SMILES string of the molecule is CCCCCCCCCCCCCC(=O)OC[C@H](COP(=O)(O)OC[C@H](O)COP(=O)(O)OC[C@@H](COC(=O)CCCCCCCCCCCCCCCCC(C)CC)OC(=O)CCCCCCCCCCCCCCCCCC(C)C)OC(=O)CCCCCCCCCCCCCCC(C)C. The van der Waals surface area contributed by atoms with Gasteiger partial charge in [-0.25, -0.2) is 9.13 Å². The molecule has 0 saturated heterocycles. The standard InChI is InChI=1S/C83H162O17P2/c1-8-10-11-12-13-14-26-36-43-50-57-64-80(85)93-70-78(100-83(88)67-60-53-46-39-32-25-24-28-34-41-48-55-62-75(5)6)72-97-101(89,90)95-68-77(84)69-96-102(91,92)98-73-79(99-82(87)66-59-52-45-38-31-23-17-15-16-20-27-33-40-47-54-61-74(3)4)71-94-81(86)65-58-51-44-37-30-22-19-18-21-29-35-42-49-56-63-76(7)9-2/h74-79,84H,8-73H2,1-7H3,(H,89,90)(H,91,92)/t76?,77-,78+,79+/m0/s1. The first-order valence-electron chi connectivity index (χ1n) is 42.9. The van der Waals surface area contributed by atoms with E-state index in [1.807, 2.05) is 0 Å². The topological polar surface area (TPSA) is 237 Å². The zero-order valence-electron chi connectivity index (χ0n) is 67.1. The van der Waals surface area contributed by atoms with Gasteiger partial charge in [-0.2, -0.15) is 0 Å². The van der Waals surface area contributed by atoms with Crippen LogP contribution in [0.25, 0.3) is 0 Å². The number of aliphatic hydroxyl groups excluding tert-OH is 1. The van der Waals surface area contributed by atoms with E-state index in [9.17, 15) is 43.2 Å². The maximum atomic E-state index is 13.1. The molecule has 0 spiro atoms. The summed E-state index contributed by atoms with van der Waals surface area (Å²) in [5.41, 5.74) is 0. The molecule has 0 rings (SSSR count). The minimum atomic E-state index is -4.96. The van der Waals surface area contributed by atoms with Gasteiger partial charge < -0.3 is 33.8 Å². The number of hydrogen-bond acceptors (Lipinski definition) is 15. The highest BCUT2D eigenvalue weighted by Gasteiger charge is 2.30. The molecule has 0 fully saturated rings. The Balaban J connectivity index is 5.26. The van der Waals surface area contributed by atoms with E-state index in [-0.39, 0.29) is 25.7 Å². The van der Waals surface area contributed by atoms with Gasteiger partial charge in [0.15, 0.2) is 12.2 Å². The molecule has 19 heteroatoms. The molecule has 6 atom stereocenters. The summed E-state index contributed by atoms with van der Waals surface area (Å²) >= 11 is 0. The Morgan fingerprint density at radius 3 is 0.745 bits per heavy atom. The van der Waals surface area contributed by atoms with Gasteiger partial charge in [-0.3, -0.25) is 37.3 Å². The molecule has 0 aliphatic rings. The Bertz CT molecular complexity index is 1980. The van der Waals surface area contributed by atoms with Crippen molar-refractivity contribution in [2.45, 2.75) is 452 Å². The van der Waals surface area contributed by atoms with Crippen LogP contribution in [0.2, 0.25) is 0 Å². The first-order chi connectivity index (χ1) is 49.3. The van der Waals surface area contributed by atoms with E-state index in [1.165, 1.54) is 244 Å². The third-order valence-electron chi connectivity index (χ3n) is 19.7. The number of rotatable bonds is 81. The van der Waals surface area contributed by atoms with Crippen LogP contribution in [0, 0.1) is 17.8 Å². The number of ether oxygens (including phenoxy) is 4. The van der Waals surface area contributed by atoms with Crippen LogP contribution in [0.4, 0.5) is 0 Å². The molecule has 0 aliphatic heterocycles. The van der Waals surface area contributed by atoms with E-state index in [0.717, 1.165) is 108 Å². The maximum Gasteiger partial charge on any atom is 0.472 e. The number of unbranched alkanes of at least 4 members (excludes halogenated alkanes) is 48. The van der Waals surface area contributed by atoms with Gasteiger partial charge in [-0.1, -0.05) is 382 Å². The maximum absolute atomic E-state index is 13.1. The molecule has 0 aromatic heterocycles. The lowest BCUT2D eigenvalue weighted by Crippen LogP contribution is -2.30. The van der Waals surface area contributed by atoms with Crippen molar-refractivity contribution < 1.29 is 80.2 Å². The number of aliphatic hydroxyl groups is 1. The molecule has 3 unspecified atom stereocenters. The highest BCUT2D eigenvalue weighted by molar-refractivity contribution is 7.47. The minimum absolute atomic E-state index is 0.107. The van der Waals surface area contributed by atoms with E-state index < -0.39 is 97.5 Å². The second-order valence-corrected chi connectivity index (χ2v) is 34.0. The summed E-state index contributed by atoms with van der Waals surface area (Å²) in [7, 11) is -9.92. The van der Waals surface area contributed by atoms with Crippen molar-refractivity contribution in [3.8, 4) is 0 Å². The highest BCUT2D eigenvalue weighted by atomic mass is 31.2. The van der Waals surface area contributed by atoms with Crippen molar-refractivity contribution in [3.05, 3.63) is 0 Å². The summed E-state index contributed by atoms with van der Waals surface area (Å²) < 4.78 is 68.8. The van der Waals surface area contributed by atoms with Crippen molar-refractivity contribution in [3.63, 3.8) is 0 Å². The molecule has 0 aromatic carbocycles. The van der Waals surface area contributed by atoms with Crippen LogP contribution in [-0.2, 0) is 65.4 Å². The molecule has 0 saturated carbocycles. The number of hydrogen-bond donors (Lipinski definition) is 3. The van der Waals surface area contributed by atoms with E-state index in [0.29, 0.717) is 25.7 Å². The summed E-state index contributed by atoms with van der Waals surface area (Å²) in [5.74, 6) is 0.323. The number of phosphoric ester groups is 2. The molecule has 0 aromatic rings. The lowest BCUT2D eigenvalue weighted by atomic mass is 9.99. The van der Waals surface area contributed by atoms with Crippen LogP contribution in [0.15, 0.2) is 0 Å². The van der Waals surface area contributed by atoms with Gasteiger partial charge in [-0.05, 0) is 43.4 Å². The second kappa shape index (κ2) is 73.2. The Labute approximate surface area is 626 Å². The first-order valence-corrected chi connectivity index (χ1v) is 45.9. The van der Waals surface area contributed by atoms with Crippen LogP contribution < -0.4 is 0 Å². The van der Waals surface area contributed by atoms with Gasteiger partial charge in [-0.15, -0.1) is 0 Å². The average Bonchev–Trinajstić information content (AvgIpc) is 0.947. The van der Waals surface area contributed by atoms with Crippen LogP contribution in [0.1, 0.15) is 434 Å². The predicted molar refractivity (Wildman–Crippen MR) is 418 cm³/mol. The summed E-state index contributed by atoms with van der Waals surface area (Å²) in [6.07, 6.45) is 62.2. The molecular formula is C83H162O17P2. The first kappa shape index (κ1) is 100. The van der Waals surface area contributed by atoms with Gasteiger partial charge in [0.1, 0.15) is 19.3 Å². The number of esters is 4. The number of carbonyl (C=O) groups excluding carboxylic acids is 4. The summed E-state index contributed by atoms with van der Waals surface area (Å²) in [6.45, 7) is 12.0.